The average molecular weight is 160 g/mol. The first-order chi connectivity index (χ1) is 5.86. The molecule has 1 aromatic rings. The van der Waals surface area contributed by atoms with Crippen molar-refractivity contribution in [2.24, 2.45) is 0 Å². The molecule has 0 aromatic heterocycles. The zero-order valence-corrected chi connectivity index (χ0v) is 7.21. The van der Waals surface area contributed by atoms with Gasteiger partial charge in [0.1, 0.15) is 0 Å². The summed E-state index contributed by atoms with van der Waals surface area (Å²) in [6.07, 6.45) is 3.29. The van der Waals surface area contributed by atoms with Gasteiger partial charge in [-0.3, -0.25) is 0 Å². The first kappa shape index (κ1) is 6.67. The van der Waals surface area contributed by atoms with Crippen LogP contribution in [-0.4, -0.2) is 0 Å². The van der Waals surface area contributed by atoms with Crippen molar-refractivity contribution in [1.82, 2.24) is 0 Å². The molecule has 2 aliphatic rings. The molecule has 2 aliphatic heterocycles. The molecule has 1 heteroatoms. The van der Waals surface area contributed by atoms with E-state index in [9.17, 15) is 0 Å². The summed E-state index contributed by atoms with van der Waals surface area (Å²) in [6.45, 7) is 2.18. The third-order valence-electron chi connectivity index (χ3n) is 3.05. The van der Waals surface area contributed by atoms with Crippen molar-refractivity contribution >= 4 is 0 Å². The van der Waals surface area contributed by atoms with E-state index in [1.54, 1.807) is 0 Å². The molecular weight excluding hydrogens is 148 g/mol. The van der Waals surface area contributed by atoms with Gasteiger partial charge >= 0.3 is 0 Å². The lowest BCUT2D eigenvalue weighted by atomic mass is 9.89. The highest BCUT2D eigenvalue weighted by atomic mass is 16.5. The van der Waals surface area contributed by atoms with Crippen LogP contribution in [0.15, 0.2) is 18.2 Å². The van der Waals surface area contributed by atoms with Crippen molar-refractivity contribution in [3.63, 3.8) is 0 Å². The molecule has 0 spiro atoms. The van der Waals surface area contributed by atoms with Gasteiger partial charge in [0.2, 0.25) is 0 Å². The summed E-state index contributed by atoms with van der Waals surface area (Å²) in [5, 5.41) is 0. The van der Waals surface area contributed by atoms with E-state index in [0.29, 0.717) is 12.2 Å². The molecule has 0 N–H and O–H groups in total. The monoisotopic (exact) mass is 160 g/mol. The average Bonchev–Trinajstić information content (AvgIpc) is 2.64. The summed E-state index contributed by atoms with van der Waals surface area (Å²) in [5.74, 6) is 0. The van der Waals surface area contributed by atoms with Crippen LogP contribution in [0.2, 0.25) is 0 Å². The first-order valence-corrected chi connectivity index (χ1v) is 4.61. The molecule has 3 rings (SSSR count). The third kappa shape index (κ3) is 0.674. The van der Waals surface area contributed by atoms with E-state index < -0.39 is 0 Å². The summed E-state index contributed by atoms with van der Waals surface area (Å²) < 4.78 is 5.82. The molecule has 0 aliphatic carbocycles. The van der Waals surface area contributed by atoms with Crippen LogP contribution in [-0.2, 0) is 4.74 Å². The molecule has 12 heavy (non-hydrogen) atoms. The molecule has 2 bridgehead atoms. The summed E-state index contributed by atoms with van der Waals surface area (Å²) in [6, 6.07) is 6.54. The van der Waals surface area contributed by atoms with Gasteiger partial charge in [-0.15, -0.1) is 0 Å². The fourth-order valence-electron chi connectivity index (χ4n) is 2.50. The Labute approximate surface area is 72.4 Å². The van der Waals surface area contributed by atoms with Crippen molar-refractivity contribution < 1.29 is 4.74 Å². The fraction of sp³-hybridized carbons (Fsp3) is 0.455. The van der Waals surface area contributed by atoms with Crippen molar-refractivity contribution in [3.8, 4) is 0 Å². The first-order valence-electron chi connectivity index (χ1n) is 4.61. The highest BCUT2D eigenvalue weighted by Crippen LogP contribution is 2.51. The minimum absolute atomic E-state index is 0.421. The minimum atomic E-state index is 0.421. The maximum atomic E-state index is 5.82. The Morgan fingerprint density at radius 3 is 2.92 bits per heavy atom. The van der Waals surface area contributed by atoms with Crippen LogP contribution in [0.4, 0.5) is 0 Å². The molecule has 1 aromatic carbocycles. The predicted octanol–water partition coefficient (Wildman–Crippen LogP) is 2.90. The van der Waals surface area contributed by atoms with Crippen LogP contribution in [0.1, 0.15) is 41.7 Å². The molecule has 1 nitrogen and oxygen atoms in total. The van der Waals surface area contributed by atoms with Gasteiger partial charge in [-0.05, 0) is 36.5 Å². The molecule has 62 valence electrons. The highest BCUT2D eigenvalue weighted by molar-refractivity contribution is 5.42. The topological polar surface area (TPSA) is 9.23 Å². The Kier molecular flexibility index (Phi) is 1.17. The Morgan fingerprint density at radius 2 is 2.08 bits per heavy atom. The van der Waals surface area contributed by atoms with Crippen LogP contribution in [0, 0.1) is 6.92 Å². The van der Waals surface area contributed by atoms with E-state index in [1.165, 1.54) is 29.5 Å². The van der Waals surface area contributed by atoms with Crippen molar-refractivity contribution in [2.75, 3.05) is 0 Å². The molecule has 2 atom stereocenters. The number of hydrogen-bond acceptors (Lipinski definition) is 1. The molecule has 0 radical (unpaired) electrons. The maximum absolute atomic E-state index is 5.82. The van der Waals surface area contributed by atoms with Gasteiger partial charge in [0.15, 0.2) is 0 Å². The second-order valence-electron chi connectivity index (χ2n) is 3.77. The lowest BCUT2D eigenvalue weighted by Crippen LogP contribution is -1.99. The van der Waals surface area contributed by atoms with E-state index >= 15 is 0 Å². The molecular formula is C11H12O. The standard InChI is InChI=1S/C11H12O/c1-7-3-2-4-8-9-5-6-10(12-9)11(7)8/h2-4,9-10H,5-6H2,1H3/t9-,10+/m0/s1. The molecule has 1 saturated heterocycles. The van der Waals surface area contributed by atoms with Crippen molar-refractivity contribution in [3.05, 3.63) is 34.9 Å². The SMILES string of the molecule is Cc1cccc2c1[C@H]1CC[C@@H]2O1. The van der Waals surface area contributed by atoms with Gasteiger partial charge in [-0.1, -0.05) is 18.2 Å². The Bertz CT molecular complexity index is 330. The quantitative estimate of drug-likeness (QED) is 0.567. The number of ether oxygens (including phenoxy) is 1. The summed E-state index contributed by atoms with van der Waals surface area (Å²) in [5.41, 5.74) is 4.33. The molecule has 0 saturated carbocycles. The largest absolute Gasteiger partial charge is 0.366 e. The van der Waals surface area contributed by atoms with E-state index in [1.807, 2.05) is 0 Å². The van der Waals surface area contributed by atoms with Gasteiger partial charge in [0, 0.05) is 0 Å². The van der Waals surface area contributed by atoms with E-state index in [-0.39, 0.29) is 0 Å². The predicted molar refractivity (Wildman–Crippen MR) is 47.0 cm³/mol. The van der Waals surface area contributed by atoms with Crippen LogP contribution in [0.25, 0.3) is 0 Å². The number of rotatable bonds is 0. The Morgan fingerprint density at radius 1 is 1.25 bits per heavy atom. The van der Waals surface area contributed by atoms with Crippen molar-refractivity contribution in [1.29, 1.82) is 0 Å². The lowest BCUT2D eigenvalue weighted by Gasteiger charge is -2.12. The van der Waals surface area contributed by atoms with Crippen LogP contribution in [0.3, 0.4) is 0 Å². The van der Waals surface area contributed by atoms with Crippen LogP contribution < -0.4 is 0 Å². The van der Waals surface area contributed by atoms with E-state index in [0.717, 1.165) is 0 Å². The maximum Gasteiger partial charge on any atom is 0.0840 e. The smallest absolute Gasteiger partial charge is 0.0840 e. The Hall–Kier alpha value is -0.820. The van der Waals surface area contributed by atoms with Gasteiger partial charge < -0.3 is 4.74 Å². The lowest BCUT2D eigenvalue weighted by molar-refractivity contribution is 0.0715. The summed E-state index contributed by atoms with van der Waals surface area (Å²) in [4.78, 5) is 0. The van der Waals surface area contributed by atoms with Gasteiger partial charge in [0.05, 0.1) is 12.2 Å². The minimum Gasteiger partial charge on any atom is -0.366 e. The van der Waals surface area contributed by atoms with Gasteiger partial charge in [-0.2, -0.15) is 0 Å². The molecule has 2 heterocycles. The highest BCUT2D eigenvalue weighted by Gasteiger charge is 2.38. The number of hydrogen-bond donors (Lipinski definition) is 0. The second-order valence-corrected chi connectivity index (χ2v) is 3.77. The van der Waals surface area contributed by atoms with Crippen LogP contribution >= 0.6 is 0 Å². The van der Waals surface area contributed by atoms with Gasteiger partial charge in [-0.25, -0.2) is 0 Å². The number of benzene rings is 1. The molecule has 1 fully saturated rings. The van der Waals surface area contributed by atoms with E-state index in [4.69, 9.17) is 4.74 Å². The second kappa shape index (κ2) is 2.11. The Balaban J connectivity index is 2.26. The molecule has 0 unspecified atom stereocenters. The van der Waals surface area contributed by atoms with E-state index in [2.05, 4.69) is 25.1 Å². The fourth-order valence-corrected chi connectivity index (χ4v) is 2.50. The summed E-state index contributed by atoms with van der Waals surface area (Å²) in [7, 11) is 0. The molecule has 0 amide bonds. The van der Waals surface area contributed by atoms with Crippen LogP contribution in [0.5, 0.6) is 0 Å². The zero-order chi connectivity index (χ0) is 8.13. The zero-order valence-electron chi connectivity index (χ0n) is 7.21. The third-order valence-corrected chi connectivity index (χ3v) is 3.05. The number of aryl methyl sites for hydroxylation is 1. The van der Waals surface area contributed by atoms with Gasteiger partial charge in [0.25, 0.3) is 0 Å². The normalized spacial score (nSPS) is 30.8. The number of fused-ring (bicyclic) bond motifs is 5. The van der Waals surface area contributed by atoms with Crippen molar-refractivity contribution in [2.45, 2.75) is 32.0 Å². The summed E-state index contributed by atoms with van der Waals surface area (Å²) >= 11 is 0.